The zero-order valence-electron chi connectivity index (χ0n) is 11.9. The maximum atomic E-state index is 12.8. The number of ether oxygens (including phenoxy) is 1. The molecule has 1 atom stereocenters. The van der Waals surface area contributed by atoms with Crippen molar-refractivity contribution >= 4 is 11.9 Å². The van der Waals surface area contributed by atoms with Crippen LogP contribution in [0.25, 0.3) is 0 Å². The van der Waals surface area contributed by atoms with E-state index in [0.29, 0.717) is 4.90 Å². The zero-order valence-corrected chi connectivity index (χ0v) is 11.9. The molecule has 0 aromatic carbocycles. The molecule has 0 aromatic heterocycles. The number of nitrogens with zero attached hydrogens (tertiary/aromatic N) is 1. The molecule has 0 aromatic rings. The van der Waals surface area contributed by atoms with Gasteiger partial charge < -0.3 is 9.64 Å². The maximum absolute atomic E-state index is 12.8. The summed E-state index contributed by atoms with van der Waals surface area (Å²) in [7, 11) is 0. The van der Waals surface area contributed by atoms with Gasteiger partial charge in [-0.1, -0.05) is 31.2 Å². The van der Waals surface area contributed by atoms with Crippen LogP contribution in [0.4, 0.5) is 13.2 Å². The molecule has 118 valence electrons. The van der Waals surface area contributed by atoms with Crippen LogP contribution in [0.1, 0.15) is 26.7 Å². The molecular formula is C14H18F3NO3. The second kappa shape index (κ2) is 6.78. The number of rotatable bonds is 5. The largest absolute Gasteiger partial charge is 0.471 e. The Hall–Kier alpha value is -1.79. The van der Waals surface area contributed by atoms with Crippen molar-refractivity contribution in [2.45, 2.75) is 38.4 Å². The Morgan fingerprint density at radius 3 is 2.38 bits per heavy atom. The third-order valence-corrected chi connectivity index (χ3v) is 3.35. The predicted molar refractivity (Wildman–Crippen MR) is 70.3 cm³/mol. The number of hydrogen-bond acceptors (Lipinski definition) is 3. The summed E-state index contributed by atoms with van der Waals surface area (Å²) in [4.78, 5) is 23.8. The number of carbonyl (C=O) groups excluding carboxylic acids is 2. The quantitative estimate of drug-likeness (QED) is 0.734. The first-order valence-electron chi connectivity index (χ1n) is 6.65. The minimum absolute atomic E-state index is 0.0434. The fourth-order valence-electron chi connectivity index (χ4n) is 2.23. The summed E-state index contributed by atoms with van der Waals surface area (Å²) in [5.74, 6) is -2.89. The van der Waals surface area contributed by atoms with E-state index < -0.39 is 30.1 Å². The number of halogens is 3. The number of alkyl halides is 3. The van der Waals surface area contributed by atoms with Gasteiger partial charge in [-0.3, -0.25) is 9.59 Å². The van der Waals surface area contributed by atoms with Gasteiger partial charge in [-0.25, -0.2) is 0 Å². The molecule has 1 rings (SSSR count). The van der Waals surface area contributed by atoms with Gasteiger partial charge in [-0.2, -0.15) is 13.2 Å². The Kier molecular flexibility index (Phi) is 5.57. The third-order valence-electron chi connectivity index (χ3n) is 3.35. The van der Waals surface area contributed by atoms with Crippen LogP contribution < -0.4 is 0 Å². The molecule has 0 saturated heterocycles. The first-order chi connectivity index (χ1) is 9.77. The molecule has 0 fully saturated rings. The summed E-state index contributed by atoms with van der Waals surface area (Å²) < 4.78 is 43.1. The Balaban J connectivity index is 3.11. The lowest BCUT2D eigenvalue weighted by Gasteiger charge is -2.41. The van der Waals surface area contributed by atoms with Crippen LogP contribution >= 0.6 is 0 Å². The zero-order chi connectivity index (χ0) is 16.1. The SMILES string of the molecule is CCOC(=O)CN(C(=O)C(F)(F)F)[C@@]1(CC)C=CC=CC1. The number of allylic oxidation sites excluding steroid dienone is 2. The molecule has 0 spiro atoms. The van der Waals surface area contributed by atoms with Crippen molar-refractivity contribution in [1.29, 1.82) is 0 Å². The van der Waals surface area contributed by atoms with E-state index in [1.54, 1.807) is 32.1 Å². The fraction of sp³-hybridized carbons (Fsp3) is 0.571. The lowest BCUT2D eigenvalue weighted by molar-refractivity contribution is -0.192. The summed E-state index contributed by atoms with van der Waals surface area (Å²) in [6, 6.07) is 0. The topological polar surface area (TPSA) is 46.6 Å². The highest BCUT2D eigenvalue weighted by atomic mass is 19.4. The van der Waals surface area contributed by atoms with Crippen LogP contribution in [0.5, 0.6) is 0 Å². The van der Waals surface area contributed by atoms with Crippen molar-refractivity contribution in [2.24, 2.45) is 0 Å². The number of esters is 1. The minimum atomic E-state index is -5.04. The van der Waals surface area contributed by atoms with Crippen LogP contribution in [-0.2, 0) is 14.3 Å². The van der Waals surface area contributed by atoms with E-state index in [1.165, 1.54) is 6.08 Å². The van der Waals surface area contributed by atoms with Crippen molar-refractivity contribution in [3.05, 3.63) is 24.3 Å². The summed E-state index contributed by atoms with van der Waals surface area (Å²) in [6.07, 6.45) is 1.91. The van der Waals surface area contributed by atoms with Crippen molar-refractivity contribution in [1.82, 2.24) is 4.90 Å². The van der Waals surface area contributed by atoms with Gasteiger partial charge in [0, 0.05) is 0 Å². The highest BCUT2D eigenvalue weighted by molar-refractivity contribution is 5.87. The van der Waals surface area contributed by atoms with E-state index in [9.17, 15) is 22.8 Å². The molecule has 1 aliphatic rings. The Morgan fingerprint density at radius 1 is 1.29 bits per heavy atom. The number of amides is 1. The molecule has 0 unspecified atom stereocenters. The van der Waals surface area contributed by atoms with Crippen LogP contribution in [-0.4, -0.2) is 41.6 Å². The van der Waals surface area contributed by atoms with Crippen LogP contribution in [0.2, 0.25) is 0 Å². The number of carbonyl (C=O) groups is 2. The van der Waals surface area contributed by atoms with Gasteiger partial charge in [0.2, 0.25) is 0 Å². The van der Waals surface area contributed by atoms with Gasteiger partial charge in [0.1, 0.15) is 6.54 Å². The van der Waals surface area contributed by atoms with Gasteiger partial charge in [-0.15, -0.1) is 0 Å². The van der Waals surface area contributed by atoms with Gasteiger partial charge >= 0.3 is 18.1 Å². The van der Waals surface area contributed by atoms with Crippen molar-refractivity contribution in [3.8, 4) is 0 Å². The molecule has 0 bridgehead atoms. The summed E-state index contributed by atoms with van der Waals surface area (Å²) >= 11 is 0. The second-order valence-electron chi connectivity index (χ2n) is 4.64. The van der Waals surface area contributed by atoms with E-state index in [-0.39, 0.29) is 19.4 Å². The smallest absolute Gasteiger partial charge is 0.465 e. The molecule has 0 radical (unpaired) electrons. The Bertz CT molecular complexity index is 457. The molecule has 1 aliphatic carbocycles. The van der Waals surface area contributed by atoms with Gasteiger partial charge in [0.25, 0.3) is 0 Å². The van der Waals surface area contributed by atoms with E-state index >= 15 is 0 Å². The average molecular weight is 305 g/mol. The van der Waals surface area contributed by atoms with Gasteiger partial charge in [0.05, 0.1) is 12.1 Å². The molecule has 0 heterocycles. The first-order valence-corrected chi connectivity index (χ1v) is 6.65. The fourth-order valence-corrected chi connectivity index (χ4v) is 2.23. The molecule has 1 amide bonds. The van der Waals surface area contributed by atoms with E-state index in [4.69, 9.17) is 0 Å². The third kappa shape index (κ3) is 4.09. The molecular weight excluding hydrogens is 287 g/mol. The lowest BCUT2D eigenvalue weighted by atomic mass is 9.86. The van der Waals surface area contributed by atoms with E-state index in [0.717, 1.165) is 0 Å². The second-order valence-corrected chi connectivity index (χ2v) is 4.64. The minimum Gasteiger partial charge on any atom is -0.465 e. The highest BCUT2D eigenvalue weighted by Crippen LogP contribution is 2.32. The van der Waals surface area contributed by atoms with E-state index in [2.05, 4.69) is 4.74 Å². The predicted octanol–water partition coefficient (Wildman–Crippen LogP) is 2.61. The van der Waals surface area contributed by atoms with Crippen molar-refractivity contribution in [2.75, 3.05) is 13.2 Å². The summed E-state index contributed by atoms with van der Waals surface area (Å²) in [5.41, 5.74) is -1.16. The van der Waals surface area contributed by atoms with Crippen LogP contribution in [0, 0.1) is 0 Å². The maximum Gasteiger partial charge on any atom is 0.471 e. The van der Waals surface area contributed by atoms with Gasteiger partial charge in [-0.05, 0) is 19.8 Å². The highest BCUT2D eigenvalue weighted by Gasteiger charge is 2.49. The van der Waals surface area contributed by atoms with Crippen LogP contribution in [0.15, 0.2) is 24.3 Å². The Morgan fingerprint density at radius 2 is 1.95 bits per heavy atom. The normalized spacial score (nSPS) is 21.2. The summed E-state index contributed by atoms with van der Waals surface area (Å²) in [6.45, 7) is 2.54. The molecule has 0 saturated carbocycles. The molecule has 4 nitrogen and oxygen atoms in total. The monoisotopic (exact) mass is 305 g/mol. The van der Waals surface area contributed by atoms with Crippen molar-refractivity contribution in [3.63, 3.8) is 0 Å². The molecule has 0 aliphatic heterocycles. The van der Waals surface area contributed by atoms with Gasteiger partial charge in [0.15, 0.2) is 0 Å². The van der Waals surface area contributed by atoms with Crippen molar-refractivity contribution < 1.29 is 27.5 Å². The molecule has 7 heteroatoms. The number of hydrogen-bond donors (Lipinski definition) is 0. The first kappa shape index (κ1) is 17.3. The Labute approximate surface area is 121 Å². The standard InChI is InChI=1S/C14H18F3NO3/c1-3-13(8-6-5-7-9-13)18(10-11(19)21-4-2)12(20)14(15,16)17/h5-8H,3-4,9-10H2,1-2H3/t13-/m0/s1. The van der Waals surface area contributed by atoms with E-state index in [1.807, 2.05) is 0 Å². The molecule has 21 heavy (non-hydrogen) atoms. The van der Waals surface area contributed by atoms with Crippen LogP contribution in [0.3, 0.4) is 0 Å². The average Bonchev–Trinajstić information content (AvgIpc) is 2.44. The summed E-state index contributed by atoms with van der Waals surface area (Å²) in [5, 5.41) is 0. The lowest BCUT2D eigenvalue weighted by Crippen LogP contribution is -2.56. The molecule has 0 N–H and O–H groups in total.